The minimum absolute atomic E-state index is 0. The zero-order valence-electron chi connectivity index (χ0n) is 13.2. The lowest BCUT2D eigenvalue weighted by Gasteiger charge is -2.59. The second kappa shape index (κ2) is 6.33. The Morgan fingerprint density at radius 3 is 2.48 bits per heavy atom. The van der Waals surface area contributed by atoms with Gasteiger partial charge in [-0.3, -0.25) is 0 Å². The molecule has 126 valence electrons. The second-order valence-corrected chi connectivity index (χ2v) is 7.51. The lowest BCUT2D eigenvalue weighted by atomic mass is 9.51. The SMILES string of the molecule is Cl.N[C@@H]1C2CC3C[C@H]1C[C@@](NC(=O)OCc1ccccc1)(C3)C2. The fourth-order valence-corrected chi connectivity index (χ4v) is 5.19. The van der Waals surface area contributed by atoms with Gasteiger partial charge in [0.15, 0.2) is 0 Å². The van der Waals surface area contributed by atoms with E-state index in [0.29, 0.717) is 24.5 Å². The quantitative estimate of drug-likeness (QED) is 0.890. The minimum Gasteiger partial charge on any atom is -0.445 e. The van der Waals surface area contributed by atoms with Gasteiger partial charge in [0.1, 0.15) is 6.61 Å². The van der Waals surface area contributed by atoms with Gasteiger partial charge < -0.3 is 15.8 Å². The first kappa shape index (κ1) is 16.6. The highest BCUT2D eigenvalue weighted by molar-refractivity contribution is 5.85. The Balaban J connectivity index is 0.00000156. The fraction of sp³-hybridized carbons (Fsp3) is 0.611. The third-order valence-electron chi connectivity index (χ3n) is 5.93. The molecular weight excluding hydrogens is 312 g/mol. The molecule has 4 saturated carbocycles. The van der Waals surface area contributed by atoms with Gasteiger partial charge in [0, 0.05) is 11.6 Å². The van der Waals surface area contributed by atoms with Crippen molar-refractivity contribution >= 4 is 18.5 Å². The Kier molecular flexibility index (Phi) is 4.56. The van der Waals surface area contributed by atoms with Crippen LogP contribution in [0.1, 0.15) is 37.7 Å². The molecule has 3 N–H and O–H groups in total. The van der Waals surface area contributed by atoms with E-state index >= 15 is 0 Å². The number of hydrogen-bond acceptors (Lipinski definition) is 3. The molecule has 2 unspecified atom stereocenters. The molecule has 1 aromatic rings. The molecule has 4 bridgehead atoms. The lowest BCUT2D eigenvalue weighted by molar-refractivity contribution is -0.0347. The van der Waals surface area contributed by atoms with Crippen molar-refractivity contribution in [2.75, 3.05) is 0 Å². The van der Waals surface area contributed by atoms with Crippen LogP contribution < -0.4 is 11.1 Å². The Hall–Kier alpha value is -1.26. The Morgan fingerprint density at radius 2 is 1.83 bits per heavy atom. The molecule has 5 rings (SSSR count). The summed E-state index contributed by atoms with van der Waals surface area (Å²) < 4.78 is 5.41. The average molecular weight is 337 g/mol. The van der Waals surface area contributed by atoms with Crippen LogP contribution in [0.2, 0.25) is 0 Å². The van der Waals surface area contributed by atoms with E-state index in [1.54, 1.807) is 0 Å². The van der Waals surface area contributed by atoms with E-state index in [4.69, 9.17) is 10.5 Å². The van der Waals surface area contributed by atoms with Crippen LogP contribution in [-0.2, 0) is 11.3 Å². The maximum absolute atomic E-state index is 12.2. The number of nitrogens with one attached hydrogen (secondary N) is 1. The minimum atomic E-state index is -0.278. The maximum Gasteiger partial charge on any atom is 0.407 e. The van der Waals surface area contributed by atoms with Crippen molar-refractivity contribution < 1.29 is 9.53 Å². The number of amides is 1. The third-order valence-corrected chi connectivity index (χ3v) is 5.93. The number of benzene rings is 1. The van der Waals surface area contributed by atoms with Crippen LogP contribution in [0, 0.1) is 17.8 Å². The number of carbonyl (C=O) groups is 1. The fourth-order valence-electron chi connectivity index (χ4n) is 5.19. The van der Waals surface area contributed by atoms with E-state index in [2.05, 4.69) is 5.32 Å². The van der Waals surface area contributed by atoms with Crippen molar-refractivity contribution in [1.82, 2.24) is 5.32 Å². The summed E-state index contributed by atoms with van der Waals surface area (Å²) in [4.78, 5) is 12.2. The monoisotopic (exact) mass is 336 g/mol. The van der Waals surface area contributed by atoms with Gasteiger partial charge in [-0.05, 0) is 55.4 Å². The predicted molar refractivity (Wildman–Crippen MR) is 91.3 cm³/mol. The van der Waals surface area contributed by atoms with Crippen molar-refractivity contribution in [3.8, 4) is 0 Å². The Morgan fingerprint density at radius 1 is 1.17 bits per heavy atom. The highest BCUT2D eigenvalue weighted by Gasteiger charge is 2.55. The molecular formula is C18H25ClN2O2. The normalized spacial score (nSPS) is 37.1. The summed E-state index contributed by atoms with van der Waals surface area (Å²) in [5.74, 6) is 1.91. The van der Waals surface area contributed by atoms with E-state index < -0.39 is 0 Å². The third kappa shape index (κ3) is 3.20. The number of halogens is 1. The molecule has 0 spiro atoms. The molecule has 4 aliphatic rings. The van der Waals surface area contributed by atoms with E-state index in [-0.39, 0.29) is 24.0 Å². The van der Waals surface area contributed by atoms with Gasteiger partial charge in [-0.15, -0.1) is 12.4 Å². The molecule has 4 fully saturated rings. The summed E-state index contributed by atoms with van der Waals surface area (Å²) in [6, 6.07) is 10.1. The van der Waals surface area contributed by atoms with Gasteiger partial charge >= 0.3 is 6.09 Å². The van der Waals surface area contributed by atoms with Crippen LogP contribution in [0.3, 0.4) is 0 Å². The van der Waals surface area contributed by atoms with Gasteiger partial charge in [0.05, 0.1) is 0 Å². The van der Waals surface area contributed by atoms with Crippen LogP contribution in [-0.4, -0.2) is 17.7 Å². The average Bonchev–Trinajstić information content (AvgIpc) is 2.50. The molecule has 1 amide bonds. The molecule has 23 heavy (non-hydrogen) atoms. The molecule has 1 aromatic carbocycles. The molecule has 5 atom stereocenters. The summed E-state index contributed by atoms with van der Waals surface area (Å²) >= 11 is 0. The summed E-state index contributed by atoms with van der Waals surface area (Å²) in [6.45, 7) is 0.332. The molecule has 0 aliphatic heterocycles. The Bertz CT molecular complexity index is 549. The van der Waals surface area contributed by atoms with Crippen LogP contribution in [0.5, 0.6) is 0 Å². The van der Waals surface area contributed by atoms with E-state index in [9.17, 15) is 4.79 Å². The molecule has 0 saturated heterocycles. The number of nitrogens with two attached hydrogens (primary N) is 1. The van der Waals surface area contributed by atoms with Gasteiger partial charge in [-0.25, -0.2) is 4.79 Å². The molecule has 5 heteroatoms. The number of hydrogen-bond donors (Lipinski definition) is 2. The van der Waals surface area contributed by atoms with Crippen molar-refractivity contribution in [3.05, 3.63) is 35.9 Å². The van der Waals surface area contributed by atoms with Crippen LogP contribution >= 0.6 is 12.4 Å². The Labute approximate surface area is 143 Å². The summed E-state index contributed by atoms with van der Waals surface area (Å²) in [5.41, 5.74) is 7.31. The topological polar surface area (TPSA) is 64.3 Å². The number of carbonyl (C=O) groups excluding carboxylic acids is 1. The largest absolute Gasteiger partial charge is 0.445 e. The second-order valence-electron chi connectivity index (χ2n) is 7.51. The molecule has 4 nitrogen and oxygen atoms in total. The van der Waals surface area contributed by atoms with E-state index in [0.717, 1.165) is 30.7 Å². The summed E-state index contributed by atoms with van der Waals surface area (Å²) in [5, 5.41) is 3.20. The van der Waals surface area contributed by atoms with Gasteiger partial charge in [-0.1, -0.05) is 30.3 Å². The summed E-state index contributed by atoms with van der Waals surface area (Å²) in [7, 11) is 0. The van der Waals surface area contributed by atoms with Crippen molar-refractivity contribution in [2.24, 2.45) is 23.5 Å². The van der Waals surface area contributed by atoms with E-state index in [1.165, 1.54) is 12.8 Å². The number of ether oxygens (including phenoxy) is 1. The first-order valence-electron chi connectivity index (χ1n) is 8.38. The van der Waals surface area contributed by atoms with Crippen molar-refractivity contribution in [3.63, 3.8) is 0 Å². The maximum atomic E-state index is 12.2. The lowest BCUT2D eigenvalue weighted by Crippen LogP contribution is -2.65. The van der Waals surface area contributed by atoms with Crippen molar-refractivity contribution in [1.29, 1.82) is 0 Å². The molecule has 0 radical (unpaired) electrons. The smallest absolute Gasteiger partial charge is 0.407 e. The predicted octanol–water partition coefficient (Wildman–Crippen LogP) is 3.24. The number of rotatable bonds is 3. The van der Waals surface area contributed by atoms with Crippen LogP contribution in [0.15, 0.2) is 30.3 Å². The van der Waals surface area contributed by atoms with Crippen molar-refractivity contribution in [2.45, 2.75) is 50.3 Å². The molecule has 0 heterocycles. The molecule has 4 aliphatic carbocycles. The highest BCUT2D eigenvalue weighted by atomic mass is 35.5. The molecule has 0 aromatic heterocycles. The first-order chi connectivity index (χ1) is 10.6. The zero-order chi connectivity index (χ0) is 15.2. The summed E-state index contributed by atoms with van der Waals surface area (Å²) in [6.07, 6.45) is 5.39. The van der Waals surface area contributed by atoms with Crippen LogP contribution in [0.4, 0.5) is 4.79 Å². The zero-order valence-corrected chi connectivity index (χ0v) is 14.1. The van der Waals surface area contributed by atoms with Gasteiger partial charge in [0.2, 0.25) is 0 Å². The first-order valence-corrected chi connectivity index (χ1v) is 8.38. The highest BCUT2D eigenvalue weighted by Crippen LogP contribution is 2.55. The number of alkyl carbamates (subject to hydrolysis) is 1. The van der Waals surface area contributed by atoms with Gasteiger partial charge in [-0.2, -0.15) is 0 Å². The standard InChI is InChI=1S/C18H24N2O2.ClH/c19-16-14-6-13-7-15(16)10-18(8-13,9-14)20-17(21)22-11-12-4-2-1-3-5-12;/h1-5,13-16H,6-11,19H2,(H,20,21);1H/t13?,14-,15?,16-,18-;/m0./s1. The van der Waals surface area contributed by atoms with Crippen LogP contribution in [0.25, 0.3) is 0 Å². The van der Waals surface area contributed by atoms with Gasteiger partial charge in [0.25, 0.3) is 0 Å². The van der Waals surface area contributed by atoms with E-state index in [1.807, 2.05) is 30.3 Å².